The summed E-state index contributed by atoms with van der Waals surface area (Å²) < 4.78 is 15.1. The highest BCUT2D eigenvalue weighted by molar-refractivity contribution is 9.10. The number of nitrogen functional groups attached to an aromatic ring is 1. The van der Waals surface area contributed by atoms with Gasteiger partial charge in [-0.25, -0.2) is 0 Å². The molecule has 0 bridgehead atoms. The summed E-state index contributed by atoms with van der Waals surface area (Å²) in [7, 11) is -1.74. The Hall–Kier alpha value is -6.01. The zero-order valence-electron chi connectivity index (χ0n) is 32.7. The van der Waals surface area contributed by atoms with Crippen molar-refractivity contribution in [1.82, 2.24) is 19.6 Å². The van der Waals surface area contributed by atoms with Crippen LogP contribution in [-0.4, -0.2) is 55.7 Å². The molecule has 2 fully saturated rings. The normalized spacial score (nSPS) is 20.5. The molecule has 0 spiro atoms. The van der Waals surface area contributed by atoms with Gasteiger partial charge in [-0.15, -0.1) is 0 Å². The van der Waals surface area contributed by atoms with Crippen LogP contribution >= 0.6 is 15.9 Å². The number of hydrogen-bond donors (Lipinski definition) is 6. The monoisotopic (exact) mass is 862 g/mol. The molecule has 4 atom stereocenters. The number of rotatable bonds is 6. The van der Waals surface area contributed by atoms with Crippen LogP contribution in [0.4, 0.5) is 17.3 Å². The molecule has 4 aliphatic rings. The molecule has 59 heavy (non-hydrogen) atoms. The summed E-state index contributed by atoms with van der Waals surface area (Å²) in [5.74, 6) is 0.439. The van der Waals surface area contributed by atoms with Crippen LogP contribution in [0.15, 0.2) is 64.2 Å². The van der Waals surface area contributed by atoms with Crippen molar-refractivity contribution < 1.29 is 28.9 Å². The fourth-order valence-corrected chi connectivity index (χ4v) is 7.92. The van der Waals surface area contributed by atoms with Crippen LogP contribution in [-0.2, 0) is 0 Å². The van der Waals surface area contributed by atoms with Crippen LogP contribution in [0, 0.1) is 34.5 Å². The molecule has 4 aromatic rings. The highest BCUT2D eigenvalue weighted by atomic mass is 79.9. The maximum atomic E-state index is 12.0. The fraction of sp³-hybridized carbons (Fsp3) is 0.350. The quantitative estimate of drug-likeness (QED) is 0.124. The molecule has 2 amide bonds. The Morgan fingerprint density at radius 1 is 0.797 bits per heavy atom. The van der Waals surface area contributed by atoms with Crippen molar-refractivity contribution in [3.8, 4) is 23.6 Å². The third-order valence-electron chi connectivity index (χ3n) is 10.8. The van der Waals surface area contributed by atoms with E-state index in [2.05, 4.69) is 43.6 Å². The largest absolute Gasteiger partial charge is 0.555 e. The Morgan fingerprint density at radius 3 is 1.81 bits per heavy atom. The molecule has 0 saturated heterocycles. The number of amides is 2. The second-order valence-corrected chi connectivity index (χ2v) is 15.9. The van der Waals surface area contributed by atoms with E-state index < -0.39 is 26.1 Å². The molecule has 2 aliphatic carbocycles. The Bertz CT molecular complexity index is 2370. The zero-order chi connectivity index (χ0) is 42.4. The molecule has 9 N–H and O–H groups in total. The van der Waals surface area contributed by atoms with Gasteiger partial charge in [0, 0.05) is 33.7 Å². The Morgan fingerprint density at radius 2 is 1.29 bits per heavy atom. The van der Waals surface area contributed by atoms with Crippen molar-refractivity contribution in [2.45, 2.75) is 77.3 Å². The van der Waals surface area contributed by atoms with Crippen molar-refractivity contribution >= 4 is 71.5 Å². The third kappa shape index (κ3) is 10.00. The molecule has 4 heterocycles. The lowest BCUT2D eigenvalue weighted by molar-refractivity contribution is 0.0992. The molecule has 19 heteroatoms. The van der Waals surface area contributed by atoms with Gasteiger partial charge < -0.3 is 41.9 Å². The minimum Gasteiger partial charge on any atom is -0.532 e. The first-order valence-electron chi connectivity index (χ1n) is 19.3. The number of primary amides is 2. The first-order chi connectivity index (χ1) is 28.3. The van der Waals surface area contributed by atoms with Crippen LogP contribution in [0.3, 0.4) is 0 Å². The van der Waals surface area contributed by atoms with Gasteiger partial charge in [0.1, 0.15) is 22.6 Å². The number of aromatic nitrogens is 4. The number of halogens is 1. The van der Waals surface area contributed by atoms with Gasteiger partial charge in [-0.3, -0.25) is 19.0 Å². The standard InChI is InChI=1S/C20H22BN5O3.C11H15N5O.C9H8BBrO2/c1-12-8-14-9-15(6-7-18(14)29-21(12)28)24-20-16(19(23)27)11-26(25-20)17-5-3-2-4-13(17)10-22;12-5-7-3-1-2-4-9(7)16-6-8(11(14)17)10(13)15-16;1-6-4-7-5-8(11)2-3-9(7)13-10(6)12/h6-9,11,13,17,28H,2-5H2,1H3,(H2,23,27)(H,24,25);6-7,9H,1-4H2,(H2,13,15)(H2,14,17);2-5,12H,1H3/t13-,17+;7-,9+;/m11./s1. The number of nitrogens with zero attached hydrogens (tertiary/aromatic N) is 6. The minimum absolute atomic E-state index is 0.00384. The average Bonchev–Trinajstić information content (AvgIpc) is 3.83. The Labute approximate surface area is 351 Å². The number of anilines is 3. The minimum atomic E-state index is -0.943. The van der Waals surface area contributed by atoms with Gasteiger partial charge >= 0.3 is 14.2 Å². The van der Waals surface area contributed by atoms with Gasteiger partial charge in [-0.2, -0.15) is 20.7 Å². The fourth-order valence-electron chi connectivity index (χ4n) is 7.54. The molecule has 2 aromatic carbocycles. The summed E-state index contributed by atoms with van der Waals surface area (Å²) in [6.07, 6.45) is 14.6. The Balaban J connectivity index is 0.000000165. The molecule has 16 nitrogen and oxygen atoms in total. The molecular weight excluding hydrogens is 818 g/mol. The summed E-state index contributed by atoms with van der Waals surface area (Å²) in [4.78, 5) is 23.1. The molecule has 0 unspecified atom stereocenters. The first kappa shape index (κ1) is 42.6. The third-order valence-corrected chi connectivity index (χ3v) is 11.3. The smallest absolute Gasteiger partial charge is 0.532 e. The average molecular weight is 863 g/mol. The second-order valence-electron chi connectivity index (χ2n) is 15.0. The summed E-state index contributed by atoms with van der Waals surface area (Å²) in [5.41, 5.74) is 20.9. The van der Waals surface area contributed by atoms with Gasteiger partial charge in [-0.05, 0) is 86.9 Å². The van der Waals surface area contributed by atoms with Gasteiger partial charge in [0.05, 0.1) is 36.1 Å². The number of benzene rings is 2. The van der Waals surface area contributed by atoms with E-state index >= 15 is 0 Å². The van der Waals surface area contributed by atoms with Crippen molar-refractivity contribution in [3.63, 3.8) is 0 Å². The summed E-state index contributed by atoms with van der Waals surface area (Å²) in [6, 6.07) is 15.7. The zero-order valence-corrected chi connectivity index (χ0v) is 34.3. The molecule has 2 aliphatic heterocycles. The molecule has 8 rings (SSSR count). The second kappa shape index (κ2) is 18.7. The van der Waals surface area contributed by atoms with E-state index in [1.165, 1.54) is 0 Å². The van der Waals surface area contributed by atoms with E-state index in [9.17, 15) is 24.9 Å². The number of nitrogens with one attached hydrogen (secondary N) is 1. The lowest BCUT2D eigenvalue weighted by atomic mass is 9.76. The molecule has 2 saturated carbocycles. The first-order valence-corrected chi connectivity index (χ1v) is 20.1. The lowest BCUT2D eigenvalue weighted by Gasteiger charge is -2.26. The van der Waals surface area contributed by atoms with E-state index in [1.807, 2.05) is 43.3 Å². The van der Waals surface area contributed by atoms with E-state index in [-0.39, 0.29) is 40.9 Å². The molecule has 2 aromatic heterocycles. The van der Waals surface area contributed by atoms with E-state index in [0.717, 1.165) is 78.2 Å². The van der Waals surface area contributed by atoms with Crippen LogP contribution in [0.25, 0.3) is 12.2 Å². The number of carbonyl (C=O) groups excluding carboxylic acids is 2. The van der Waals surface area contributed by atoms with Gasteiger partial charge in [-0.1, -0.05) is 53.8 Å². The lowest BCUT2D eigenvalue weighted by Crippen LogP contribution is -2.26. The summed E-state index contributed by atoms with van der Waals surface area (Å²) >= 11 is 3.38. The molecule has 0 radical (unpaired) electrons. The number of fused-ring (bicyclic) bond motifs is 2. The van der Waals surface area contributed by atoms with Crippen molar-refractivity contribution in [2.24, 2.45) is 23.3 Å². The summed E-state index contributed by atoms with van der Waals surface area (Å²) in [6.45, 7) is 3.63. The van der Waals surface area contributed by atoms with Crippen LogP contribution in [0.2, 0.25) is 0 Å². The van der Waals surface area contributed by atoms with Gasteiger partial charge in [0.2, 0.25) is 0 Å². The van der Waals surface area contributed by atoms with E-state index in [4.69, 9.17) is 31.8 Å². The van der Waals surface area contributed by atoms with Crippen molar-refractivity contribution in [2.75, 3.05) is 11.1 Å². The van der Waals surface area contributed by atoms with Crippen molar-refractivity contribution in [1.29, 1.82) is 10.5 Å². The van der Waals surface area contributed by atoms with Crippen molar-refractivity contribution in [3.05, 3.63) is 86.5 Å². The van der Waals surface area contributed by atoms with Gasteiger partial charge in [0.15, 0.2) is 11.6 Å². The highest BCUT2D eigenvalue weighted by Gasteiger charge is 2.31. The number of carbonyl (C=O) groups is 2. The molecular formula is C40H45B2BrN10O6. The SMILES string of the molecule is CC1=Cc2cc(Br)ccc2OB1O.CC1=Cc2cc(Nc3nn([C@H]4CCCC[C@@H]4C#N)cc3C(N)=O)ccc2OB1O.N#C[C@H]1CCCC[C@@H]1n1cc(C(N)=O)c(N)n1. The van der Waals surface area contributed by atoms with Gasteiger partial charge in [0.25, 0.3) is 11.8 Å². The number of nitriles is 2. The van der Waals surface area contributed by atoms with E-state index in [0.29, 0.717) is 22.7 Å². The van der Waals surface area contributed by atoms with Crippen LogP contribution < -0.4 is 31.8 Å². The highest BCUT2D eigenvalue weighted by Crippen LogP contribution is 2.37. The van der Waals surface area contributed by atoms with Crippen LogP contribution in [0.1, 0.15) is 109 Å². The predicted octanol–water partition coefficient (Wildman–Crippen LogP) is 5.88. The number of nitrogens with two attached hydrogens (primary N) is 3. The molecule has 304 valence electrons. The van der Waals surface area contributed by atoms with Crippen LogP contribution in [0.5, 0.6) is 11.5 Å². The maximum absolute atomic E-state index is 12.0. The number of allylic oxidation sites excluding steroid dienone is 2. The van der Waals surface area contributed by atoms with E-state index in [1.54, 1.807) is 40.8 Å². The topological polar surface area (TPSA) is 266 Å². The number of hydrogen-bond acceptors (Lipinski definition) is 12. The summed E-state index contributed by atoms with van der Waals surface area (Å²) in [5, 5.41) is 49.6. The maximum Gasteiger partial charge on any atom is 0.555 e. The Kier molecular flexibility index (Phi) is 13.5. The predicted molar refractivity (Wildman–Crippen MR) is 227 cm³/mol.